The maximum absolute atomic E-state index is 12.9. The molecule has 1 aliphatic rings. The maximum atomic E-state index is 12.9. The van der Waals surface area contributed by atoms with Crippen molar-refractivity contribution in [1.82, 2.24) is 10.3 Å². The molecule has 1 aliphatic heterocycles. The van der Waals surface area contributed by atoms with E-state index in [9.17, 15) is 18.0 Å². The van der Waals surface area contributed by atoms with Gasteiger partial charge >= 0.3 is 0 Å². The number of carbonyl (C=O) groups excluding carboxylic acids is 2. The predicted molar refractivity (Wildman–Crippen MR) is 167 cm³/mol. The third kappa shape index (κ3) is 7.83. The number of aromatic nitrogens is 1. The summed E-state index contributed by atoms with van der Waals surface area (Å²) >= 11 is 10.9. The molecule has 7 nitrogen and oxygen atoms in total. The number of alkyl halides is 1. The summed E-state index contributed by atoms with van der Waals surface area (Å²) in [6, 6.07) is 17.5. The van der Waals surface area contributed by atoms with E-state index < -0.39 is 21.4 Å². The lowest BCUT2D eigenvalue weighted by Crippen LogP contribution is -2.43. The fourth-order valence-corrected chi connectivity index (χ4v) is 7.42. The number of sulfone groups is 1. The molecule has 1 fully saturated rings. The average Bonchev–Trinajstić information content (AvgIpc) is 3.40. The van der Waals surface area contributed by atoms with Crippen molar-refractivity contribution in [2.24, 2.45) is 0 Å². The highest BCUT2D eigenvalue weighted by Crippen LogP contribution is 2.35. The summed E-state index contributed by atoms with van der Waals surface area (Å²) < 4.78 is 28.6. The monoisotopic (exact) mass is 755 g/mol. The number of piperazine rings is 1. The molecule has 204 valence electrons. The van der Waals surface area contributed by atoms with Gasteiger partial charge in [-0.05, 0) is 36.4 Å². The van der Waals surface area contributed by atoms with Gasteiger partial charge < -0.3 is 10.2 Å². The molecule has 0 spiro atoms. The third-order valence-corrected chi connectivity index (χ3v) is 10.7. The summed E-state index contributed by atoms with van der Waals surface area (Å²) in [5, 5.41) is 4.51. The minimum Gasteiger partial charge on any atom is -0.354 e. The zero-order valence-electron chi connectivity index (χ0n) is 20.6. The molecule has 0 amide bonds. The number of halogens is 3. The Labute approximate surface area is 256 Å². The van der Waals surface area contributed by atoms with Crippen molar-refractivity contribution >= 4 is 96.4 Å². The number of nitrogens with one attached hydrogen (secondary N) is 1. The van der Waals surface area contributed by atoms with Crippen LogP contribution in [0.1, 0.15) is 20.7 Å². The van der Waals surface area contributed by atoms with Gasteiger partial charge in [0.25, 0.3) is 0 Å². The minimum atomic E-state index is -3.73. The number of pyridine rings is 1. The number of anilines is 1. The molecule has 1 N–H and O–H groups in total. The molecule has 0 atom stereocenters. The largest absolute Gasteiger partial charge is 0.354 e. The molecule has 12 heteroatoms. The Balaban J connectivity index is 0.000000270. The summed E-state index contributed by atoms with van der Waals surface area (Å²) in [6.45, 7) is 3.39. The van der Waals surface area contributed by atoms with Crippen molar-refractivity contribution in [3.8, 4) is 0 Å². The normalized spacial score (nSPS) is 13.6. The Kier molecular flexibility index (Phi) is 10.5. The van der Waals surface area contributed by atoms with E-state index in [0.29, 0.717) is 10.9 Å². The van der Waals surface area contributed by atoms with E-state index in [4.69, 9.17) is 0 Å². The number of rotatable bonds is 7. The van der Waals surface area contributed by atoms with Gasteiger partial charge in [-0.3, -0.25) is 9.59 Å². The van der Waals surface area contributed by atoms with E-state index in [0.717, 1.165) is 56.6 Å². The van der Waals surface area contributed by atoms with Crippen LogP contribution in [-0.2, 0) is 9.84 Å². The van der Waals surface area contributed by atoms with Crippen LogP contribution in [0.4, 0.5) is 5.82 Å². The van der Waals surface area contributed by atoms with E-state index >= 15 is 0 Å². The second-order valence-corrected chi connectivity index (χ2v) is 14.3. The zero-order chi connectivity index (χ0) is 28.0. The average molecular weight is 758 g/mol. The first-order chi connectivity index (χ1) is 18.7. The quantitative estimate of drug-likeness (QED) is 0.179. The molecule has 2 aromatic carbocycles. The summed E-state index contributed by atoms with van der Waals surface area (Å²) in [5.74, 6) is -0.0449. The minimum absolute atomic E-state index is 0.109. The van der Waals surface area contributed by atoms with Gasteiger partial charge in [0.1, 0.15) is 15.8 Å². The van der Waals surface area contributed by atoms with E-state index in [1.165, 1.54) is 11.3 Å². The van der Waals surface area contributed by atoms with Crippen molar-refractivity contribution < 1.29 is 18.0 Å². The number of Topliss-reactive ketones (excluding diaryl/α,β-unsaturated/α-hetero) is 2. The maximum Gasteiger partial charge on any atom is 0.195 e. The van der Waals surface area contributed by atoms with E-state index in [1.54, 1.807) is 48.7 Å². The number of benzene rings is 2. The van der Waals surface area contributed by atoms with Crippen molar-refractivity contribution in [1.29, 1.82) is 0 Å². The highest BCUT2D eigenvalue weighted by Gasteiger charge is 2.25. The number of nitrogens with zero attached hydrogens (tertiary/aromatic N) is 2. The molecule has 0 aliphatic carbocycles. The first-order valence-electron chi connectivity index (χ1n) is 11.9. The van der Waals surface area contributed by atoms with Gasteiger partial charge in [0.2, 0.25) is 0 Å². The number of thiophene rings is 1. The number of carbonyl (C=O) groups is 2. The summed E-state index contributed by atoms with van der Waals surface area (Å²) in [4.78, 5) is 30.2. The molecule has 0 saturated carbocycles. The van der Waals surface area contributed by atoms with Crippen molar-refractivity contribution in [2.45, 2.75) is 4.21 Å². The molecule has 0 radical (unpaired) electrons. The van der Waals surface area contributed by atoms with Crippen LogP contribution in [0.15, 0.2) is 80.0 Å². The van der Waals surface area contributed by atoms with E-state index in [1.807, 2.05) is 18.2 Å². The summed E-state index contributed by atoms with van der Waals surface area (Å²) in [6.07, 6.45) is 1.71. The van der Waals surface area contributed by atoms with Crippen LogP contribution in [0.25, 0.3) is 10.1 Å². The Morgan fingerprint density at radius 1 is 0.897 bits per heavy atom. The van der Waals surface area contributed by atoms with Gasteiger partial charge in [0, 0.05) is 62.5 Å². The van der Waals surface area contributed by atoms with Crippen molar-refractivity contribution in [2.75, 3.05) is 42.2 Å². The number of ketones is 2. The highest BCUT2D eigenvalue weighted by atomic mass is 79.9. The standard InChI is InChI=1S/C19H18BrN3O3S2.C8H6Br2O/c20-14-3-1-13(2-4-14)16(24)12-28(25,26)18-11-15-17(27-18)5-6-22-19(15)23-9-7-21-8-10-23;9-5-8(11)6-1-3-7(10)4-2-6/h1-6,11,21H,7-10,12H2;1-4H,5H2. The molecule has 0 unspecified atom stereocenters. The van der Waals surface area contributed by atoms with E-state index in [-0.39, 0.29) is 9.99 Å². The van der Waals surface area contributed by atoms with Gasteiger partial charge in [-0.2, -0.15) is 0 Å². The SMILES string of the molecule is O=C(CBr)c1ccc(Br)cc1.O=C(CS(=O)(=O)c1cc2c(N3CCNCC3)nccc2s1)c1ccc(Br)cc1. The first kappa shape index (κ1) is 30.0. The zero-order valence-corrected chi connectivity index (χ0v) is 27.0. The lowest BCUT2D eigenvalue weighted by Gasteiger charge is -2.28. The Morgan fingerprint density at radius 2 is 1.46 bits per heavy atom. The summed E-state index contributed by atoms with van der Waals surface area (Å²) in [5.41, 5.74) is 1.13. The van der Waals surface area contributed by atoms with Crippen LogP contribution in [-0.4, -0.2) is 62.2 Å². The molecule has 4 aromatic rings. The predicted octanol–water partition coefficient (Wildman–Crippen LogP) is 6.15. The molecular formula is C27H24Br3N3O4S2. The van der Waals surface area contributed by atoms with Gasteiger partial charge in [-0.1, -0.05) is 72.1 Å². The topological polar surface area (TPSA) is 96.4 Å². The Hall–Kier alpha value is -1.96. The molecule has 0 bridgehead atoms. The van der Waals surface area contributed by atoms with Gasteiger partial charge in [-0.25, -0.2) is 13.4 Å². The molecule has 3 heterocycles. The van der Waals surface area contributed by atoms with E-state index in [2.05, 4.69) is 63.0 Å². The fraction of sp³-hybridized carbons (Fsp3) is 0.222. The number of hydrogen-bond acceptors (Lipinski definition) is 8. The number of hydrogen-bond donors (Lipinski definition) is 1. The van der Waals surface area contributed by atoms with Crippen molar-refractivity contribution in [3.63, 3.8) is 0 Å². The lowest BCUT2D eigenvalue weighted by atomic mass is 10.2. The lowest BCUT2D eigenvalue weighted by molar-refractivity contribution is 0.101. The Bertz CT molecular complexity index is 1570. The van der Waals surface area contributed by atoms with Crippen LogP contribution < -0.4 is 10.2 Å². The smallest absolute Gasteiger partial charge is 0.195 e. The first-order valence-corrected chi connectivity index (χ1v) is 17.1. The van der Waals surface area contributed by atoms with Gasteiger partial charge in [-0.15, -0.1) is 11.3 Å². The van der Waals surface area contributed by atoms with Gasteiger partial charge in [0.15, 0.2) is 21.4 Å². The highest BCUT2D eigenvalue weighted by molar-refractivity contribution is 9.10. The van der Waals surface area contributed by atoms with Crippen LogP contribution >= 0.6 is 59.1 Å². The molecule has 39 heavy (non-hydrogen) atoms. The second-order valence-electron chi connectivity index (χ2n) is 8.60. The third-order valence-electron chi connectivity index (χ3n) is 5.90. The molecular weight excluding hydrogens is 734 g/mol. The fourth-order valence-electron chi connectivity index (χ4n) is 3.88. The second kappa shape index (κ2) is 13.6. The van der Waals surface area contributed by atoms with Crippen LogP contribution in [0.2, 0.25) is 0 Å². The molecule has 2 aromatic heterocycles. The Morgan fingerprint density at radius 3 is 2.03 bits per heavy atom. The summed E-state index contributed by atoms with van der Waals surface area (Å²) in [7, 11) is -3.73. The molecule has 5 rings (SSSR count). The van der Waals surface area contributed by atoms with Crippen molar-refractivity contribution in [3.05, 3.63) is 86.9 Å². The van der Waals surface area contributed by atoms with Crippen LogP contribution in [0.3, 0.4) is 0 Å². The van der Waals surface area contributed by atoms with Crippen LogP contribution in [0, 0.1) is 0 Å². The molecule has 1 saturated heterocycles. The van der Waals surface area contributed by atoms with Crippen LogP contribution in [0.5, 0.6) is 0 Å². The van der Waals surface area contributed by atoms with Gasteiger partial charge in [0.05, 0.1) is 5.33 Å². The number of fused-ring (bicyclic) bond motifs is 1.